The third-order valence-electron chi connectivity index (χ3n) is 2.01. The maximum Gasteiger partial charge on any atom is 0.181 e. The second-order valence-electron chi connectivity index (χ2n) is 2.96. The number of hydrogen-bond acceptors (Lipinski definition) is 3. The molecule has 0 bridgehead atoms. The number of rotatable bonds is 2. The number of benzene rings is 1. The number of nitrogens with zero attached hydrogens (tertiary/aromatic N) is 1. The molecule has 0 amide bonds. The van der Waals surface area contributed by atoms with Gasteiger partial charge in [-0.1, -0.05) is 0 Å². The Balaban J connectivity index is 0.00000128. The van der Waals surface area contributed by atoms with Crippen molar-refractivity contribution in [3.05, 3.63) is 41.9 Å². The van der Waals surface area contributed by atoms with E-state index in [-0.39, 0.29) is 30.3 Å². The summed E-state index contributed by atoms with van der Waals surface area (Å²) in [6.45, 7) is 0.142. The van der Waals surface area contributed by atoms with Gasteiger partial charge in [0.05, 0.1) is 5.56 Å². The Morgan fingerprint density at radius 2 is 2.06 bits per heavy atom. The first kappa shape index (κ1) is 12.6. The molecule has 0 saturated carbocycles. The summed E-state index contributed by atoms with van der Waals surface area (Å²) in [5, 5.41) is 0. The van der Waals surface area contributed by atoms with Crippen molar-refractivity contribution in [2.45, 2.75) is 6.54 Å². The van der Waals surface area contributed by atoms with Gasteiger partial charge in [0, 0.05) is 12.6 Å². The zero-order chi connectivity index (χ0) is 10.8. The van der Waals surface area contributed by atoms with Gasteiger partial charge in [-0.15, -0.1) is 12.4 Å². The second-order valence-corrected chi connectivity index (χ2v) is 2.96. The van der Waals surface area contributed by atoms with Gasteiger partial charge in [-0.2, -0.15) is 0 Å². The van der Waals surface area contributed by atoms with Crippen molar-refractivity contribution in [2.75, 3.05) is 0 Å². The summed E-state index contributed by atoms with van der Waals surface area (Å²) in [5.41, 5.74) is 6.00. The Labute approximate surface area is 96.7 Å². The van der Waals surface area contributed by atoms with Gasteiger partial charge >= 0.3 is 0 Å². The lowest BCUT2D eigenvalue weighted by Crippen LogP contribution is -1.99. The molecule has 1 aromatic carbocycles. The van der Waals surface area contributed by atoms with E-state index >= 15 is 0 Å². The van der Waals surface area contributed by atoms with Gasteiger partial charge in [0.1, 0.15) is 17.3 Å². The molecular formula is C10H9ClF2N2O. The van der Waals surface area contributed by atoms with Crippen LogP contribution in [0.5, 0.6) is 0 Å². The lowest BCUT2D eigenvalue weighted by Gasteiger charge is -2.00. The Morgan fingerprint density at radius 1 is 1.31 bits per heavy atom. The molecule has 1 heterocycles. The van der Waals surface area contributed by atoms with Crippen LogP contribution in [-0.2, 0) is 6.54 Å². The Kier molecular flexibility index (Phi) is 3.98. The molecule has 2 aromatic rings. The monoisotopic (exact) mass is 246 g/mol. The van der Waals surface area contributed by atoms with Crippen LogP contribution in [0.1, 0.15) is 5.69 Å². The van der Waals surface area contributed by atoms with Crippen LogP contribution in [0.4, 0.5) is 8.78 Å². The molecule has 0 spiro atoms. The minimum absolute atomic E-state index is 0. The average molecular weight is 247 g/mol. The molecule has 16 heavy (non-hydrogen) atoms. The highest BCUT2D eigenvalue weighted by atomic mass is 35.5. The van der Waals surface area contributed by atoms with Crippen molar-refractivity contribution >= 4 is 12.4 Å². The molecule has 0 aliphatic rings. The zero-order valence-corrected chi connectivity index (χ0v) is 8.93. The van der Waals surface area contributed by atoms with Crippen molar-refractivity contribution in [1.29, 1.82) is 0 Å². The maximum atomic E-state index is 13.4. The molecule has 0 aliphatic carbocycles. The average Bonchev–Trinajstić information content (AvgIpc) is 2.65. The highest BCUT2D eigenvalue weighted by Crippen LogP contribution is 2.25. The number of halogens is 3. The Morgan fingerprint density at radius 3 is 2.69 bits per heavy atom. The summed E-state index contributed by atoms with van der Waals surface area (Å²) in [6.07, 6.45) is 1.18. The lowest BCUT2D eigenvalue weighted by molar-refractivity contribution is 0.553. The summed E-state index contributed by atoms with van der Waals surface area (Å²) < 4.78 is 31.0. The van der Waals surface area contributed by atoms with Crippen LogP contribution >= 0.6 is 12.4 Å². The van der Waals surface area contributed by atoms with Crippen molar-refractivity contribution in [3.8, 4) is 11.3 Å². The Hall–Kier alpha value is -1.46. The third kappa shape index (κ3) is 2.20. The van der Waals surface area contributed by atoms with Crippen molar-refractivity contribution < 1.29 is 13.2 Å². The quantitative estimate of drug-likeness (QED) is 0.886. The summed E-state index contributed by atoms with van der Waals surface area (Å²) in [5.74, 6) is -1.08. The predicted molar refractivity (Wildman–Crippen MR) is 57.0 cm³/mol. The molecule has 0 saturated heterocycles. The molecule has 0 fully saturated rings. The molecule has 0 radical (unpaired) electrons. The van der Waals surface area contributed by atoms with E-state index < -0.39 is 11.6 Å². The molecular weight excluding hydrogens is 238 g/mol. The fourth-order valence-electron chi connectivity index (χ4n) is 1.31. The van der Waals surface area contributed by atoms with Crippen molar-refractivity contribution in [1.82, 2.24) is 4.98 Å². The second kappa shape index (κ2) is 5.05. The summed E-state index contributed by atoms with van der Waals surface area (Å²) in [7, 11) is 0. The molecule has 3 nitrogen and oxygen atoms in total. The van der Waals surface area contributed by atoms with E-state index in [0.29, 0.717) is 5.69 Å². The van der Waals surface area contributed by atoms with Crippen molar-refractivity contribution in [3.63, 3.8) is 0 Å². The normalized spacial score (nSPS) is 9.94. The first-order valence-corrected chi connectivity index (χ1v) is 4.30. The summed E-state index contributed by atoms with van der Waals surface area (Å²) in [4.78, 5) is 3.82. The van der Waals surface area contributed by atoms with E-state index in [1.165, 1.54) is 12.5 Å². The largest absolute Gasteiger partial charge is 0.443 e. The van der Waals surface area contributed by atoms with E-state index in [1.807, 2.05) is 0 Å². The lowest BCUT2D eigenvalue weighted by atomic mass is 10.1. The van der Waals surface area contributed by atoms with E-state index in [2.05, 4.69) is 4.98 Å². The van der Waals surface area contributed by atoms with E-state index in [0.717, 1.165) is 12.1 Å². The SMILES string of the molecule is Cl.NCc1ncoc1-c1ccc(F)cc1F. The van der Waals surface area contributed by atoms with Crippen LogP contribution < -0.4 is 5.73 Å². The van der Waals surface area contributed by atoms with Gasteiger partial charge in [0.25, 0.3) is 0 Å². The van der Waals surface area contributed by atoms with Crippen LogP contribution in [0.3, 0.4) is 0 Å². The minimum atomic E-state index is -0.693. The topological polar surface area (TPSA) is 52.0 Å². The molecule has 0 atom stereocenters. The van der Waals surface area contributed by atoms with E-state index in [4.69, 9.17) is 10.2 Å². The van der Waals surface area contributed by atoms with E-state index in [9.17, 15) is 8.78 Å². The minimum Gasteiger partial charge on any atom is -0.443 e. The summed E-state index contributed by atoms with van der Waals surface area (Å²) in [6, 6.07) is 3.24. The third-order valence-corrected chi connectivity index (χ3v) is 2.01. The number of oxazole rings is 1. The fourth-order valence-corrected chi connectivity index (χ4v) is 1.31. The van der Waals surface area contributed by atoms with Gasteiger partial charge in [-0.05, 0) is 12.1 Å². The van der Waals surface area contributed by atoms with Gasteiger partial charge in [-0.25, -0.2) is 13.8 Å². The number of hydrogen-bond donors (Lipinski definition) is 1. The van der Waals surface area contributed by atoms with Gasteiger partial charge < -0.3 is 10.2 Å². The molecule has 2 N–H and O–H groups in total. The van der Waals surface area contributed by atoms with Gasteiger partial charge in [0.2, 0.25) is 0 Å². The summed E-state index contributed by atoms with van der Waals surface area (Å²) >= 11 is 0. The van der Waals surface area contributed by atoms with Gasteiger partial charge in [0.15, 0.2) is 12.2 Å². The van der Waals surface area contributed by atoms with E-state index in [1.54, 1.807) is 0 Å². The molecule has 6 heteroatoms. The zero-order valence-electron chi connectivity index (χ0n) is 8.11. The molecule has 0 unspecified atom stereocenters. The Bertz CT molecular complexity index is 487. The molecule has 0 aliphatic heterocycles. The molecule has 1 aromatic heterocycles. The first-order valence-electron chi connectivity index (χ1n) is 4.30. The number of aromatic nitrogens is 1. The van der Waals surface area contributed by atoms with Crippen LogP contribution in [-0.4, -0.2) is 4.98 Å². The molecule has 2 rings (SSSR count). The fraction of sp³-hybridized carbons (Fsp3) is 0.100. The van der Waals surface area contributed by atoms with Gasteiger partial charge in [-0.3, -0.25) is 0 Å². The highest BCUT2D eigenvalue weighted by molar-refractivity contribution is 5.85. The smallest absolute Gasteiger partial charge is 0.181 e. The molecule has 86 valence electrons. The maximum absolute atomic E-state index is 13.4. The van der Waals surface area contributed by atoms with Crippen LogP contribution in [0.25, 0.3) is 11.3 Å². The highest BCUT2D eigenvalue weighted by Gasteiger charge is 2.14. The predicted octanol–water partition coefficient (Wildman–Crippen LogP) is 2.50. The van der Waals surface area contributed by atoms with Crippen LogP contribution in [0.15, 0.2) is 29.0 Å². The number of nitrogens with two attached hydrogens (primary N) is 1. The van der Waals surface area contributed by atoms with Crippen molar-refractivity contribution in [2.24, 2.45) is 5.73 Å². The van der Waals surface area contributed by atoms with Crippen LogP contribution in [0, 0.1) is 11.6 Å². The standard InChI is InChI=1S/C10H8F2N2O.ClH/c11-6-1-2-7(8(12)3-6)10-9(4-13)14-5-15-10;/h1-3,5H,4,13H2;1H. The van der Waals surface area contributed by atoms with Crippen LogP contribution in [0.2, 0.25) is 0 Å². The first-order chi connectivity index (χ1) is 7.22.